The van der Waals surface area contributed by atoms with Gasteiger partial charge in [0.25, 0.3) is 6.43 Å². The van der Waals surface area contributed by atoms with Crippen LogP contribution in [0.25, 0.3) is 44.7 Å². The van der Waals surface area contributed by atoms with Gasteiger partial charge < -0.3 is 19.9 Å². The number of fused-ring (bicyclic) bond motifs is 2. The van der Waals surface area contributed by atoms with Crippen LogP contribution in [0.1, 0.15) is 66.3 Å². The topological polar surface area (TPSA) is 165 Å². The first-order valence-electron chi connectivity index (χ1n) is 19.0. The minimum Gasteiger partial charge on any atom is -0.481 e. The number of hydrogen-bond donors (Lipinski definition) is 3. The molecule has 5 heterocycles. The smallest absolute Gasteiger partial charge is 0.309 e. The number of nitrogens with one attached hydrogen (secondary N) is 1. The second-order valence-electron chi connectivity index (χ2n) is 15.5. The van der Waals surface area contributed by atoms with Crippen molar-refractivity contribution in [2.24, 2.45) is 5.41 Å². The first-order valence-corrected chi connectivity index (χ1v) is 19.0. The van der Waals surface area contributed by atoms with Crippen LogP contribution in [0.4, 0.5) is 20.3 Å². The molecule has 0 saturated carbocycles. The number of rotatable bonds is 10. The van der Waals surface area contributed by atoms with E-state index in [9.17, 15) is 29.1 Å². The van der Waals surface area contributed by atoms with Crippen molar-refractivity contribution in [2.45, 2.75) is 65.7 Å². The van der Waals surface area contributed by atoms with E-state index in [-0.39, 0.29) is 11.9 Å². The summed E-state index contributed by atoms with van der Waals surface area (Å²) in [7, 11) is 0. The second kappa shape index (κ2) is 15.2. The summed E-state index contributed by atoms with van der Waals surface area (Å²) in [6.07, 6.45) is 0.231. The molecule has 3 aromatic carbocycles. The summed E-state index contributed by atoms with van der Waals surface area (Å²) in [5.41, 5.74) is 7.94. The van der Waals surface area contributed by atoms with Crippen molar-refractivity contribution < 1.29 is 28.2 Å². The number of aliphatic hydroxyl groups is 1. The summed E-state index contributed by atoms with van der Waals surface area (Å²) < 4.78 is 34.5. The standard InChI is InChI=1S/C43H42F2N8O4/c1-24-30(6-4-8-32(24)41-50-35-17-26(16-28(19-46)37(35)57-41)21-52-14-11-43(3,12-15-52)42(55)56)31-7-5-9-33(25(31)2)48-39-36-34(49-40(51-39)38(44)45)18-27(20-47-36)22-53-13-10-29(54)23-53/h4-9,16-18,20,29,38,54H,10-15,21-23H2,1-3H3,(H,55,56)(H,48,49,51)/t29-/m0/s1. The number of carboxylic acids is 1. The van der Waals surface area contributed by atoms with Gasteiger partial charge in [0.15, 0.2) is 17.2 Å². The van der Waals surface area contributed by atoms with Crippen molar-refractivity contribution in [3.8, 4) is 28.7 Å². The minimum atomic E-state index is -2.89. The van der Waals surface area contributed by atoms with E-state index in [0.717, 1.165) is 45.5 Å². The van der Waals surface area contributed by atoms with Gasteiger partial charge in [-0.2, -0.15) is 5.26 Å². The first kappa shape index (κ1) is 38.0. The fourth-order valence-electron chi connectivity index (χ4n) is 7.97. The van der Waals surface area contributed by atoms with Crippen LogP contribution in [0.3, 0.4) is 0 Å². The number of aliphatic carboxylic acids is 1. The molecule has 2 fully saturated rings. The van der Waals surface area contributed by atoms with Gasteiger partial charge in [-0.15, -0.1) is 0 Å². The molecule has 0 unspecified atom stereocenters. The largest absolute Gasteiger partial charge is 0.481 e. The highest BCUT2D eigenvalue weighted by Gasteiger charge is 2.37. The number of piperidine rings is 1. The highest BCUT2D eigenvalue weighted by atomic mass is 19.3. The van der Waals surface area contributed by atoms with Gasteiger partial charge >= 0.3 is 5.97 Å². The van der Waals surface area contributed by atoms with Gasteiger partial charge in [0.05, 0.1) is 22.6 Å². The molecule has 2 aliphatic heterocycles. The molecule has 14 heteroatoms. The fourth-order valence-corrected chi connectivity index (χ4v) is 7.97. The Bertz CT molecular complexity index is 2560. The predicted octanol–water partition coefficient (Wildman–Crippen LogP) is 7.92. The van der Waals surface area contributed by atoms with E-state index in [1.807, 2.05) is 62.4 Å². The third-order valence-corrected chi connectivity index (χ3v) is 11.5. The predicted molar refractivity (Wildman–Crippen MR) is 211 cm³/mol. The van der Waals surface area contributed by atoms with Crippen molar-refractivity contribution in [3.63, 3.8) is 0 Å². The molecule has 292 valence electrons. The molecule has 57 heavy (non-hydrogen) atoms. The minimum absolute atomic E-state index is 0.169. The number of halogens is 2. The number of anilines is 2. The van der Waals surface area contributed by atoms with Gasteiger partial charge in [0.1, 0.15) is 17.1 Å². The second-order valence-corrected chi connectivity index (χ2v) is 15.5. The Morgan fingerprint density at radius 3 is 2.37 bits per heavy atom. The van der Waals surface area contributed by atoms with Gasteiger partial charge in [-0.1, -0.05) is 24.3 Å². The van der Waals surface area contributed by atoms with E-state index in [4.69, 9.17) is 9.40 Å². The van der Waals surface area contributed by atoms with Crippen LogP contribution in [0.15, 0.2) is 65.2 Å². The van der Waals surface area contributed by atoms with Crippen molar-refractivity contribution in [1.82, 2.24) is 29.7 Å². The molecular formula is C43H42F2N8O4. The van der Waals surface area contributed by atoms with Crippen LogP contribution >= 0.6 is 0 Å². The molecule has 0 aliphatic carbocycles. The zero-order valence-corrected chi connectivity index (χ0v) is 31.9. The number of oxazole rings is 1. The van der Waals surface area contributed by atoms with Gasteiger partial charge in [-0.05, 0) is 117 Å². The Morgan fingerprint density at radius 1 is 0.965 bits per heavy atom. The van der Waals surface area contributed by atoms with E-state index in [1.165, 1.54) is 0 Å². The first-order chi connectivity index (χ1) is 27.4. The molecule has 6 aromatic rings. The number of pyridine rings is 1. The third-order valence-electron chi connectivity index (χ3n) is 11.5. The number of carboxylic acid groups (broad SMARTS) is 1. The summed E-state index contributed by atoms with van der Waals surface area (Å²) in [6, 6.07) is 19.3. The molecule has 0 radical (unpaired) electrons. The zero-order valence-electron chi connectivity index (χ0n) is 31.9. The van der Waals surface area contributed by atoms with E-state index in [0.29, 0.717) is 91.3 Å². The number of likely N-dealkylation sites (tertiary alicyclic amines) is 2. The van der Waals surface area contributed by atoms with E-state index < -0.39 is 23.6 Å². The van der Waals surface area contributed by atoms with Crippen LogP contribution in [0.5, 0.6) is 0 Å². The Kier molecular flexibility index (Phi) is 10.2. The molecule has 12 nitrogen and oxygen atoms in total. The quantitative estimate of drug-likeness (QED) is 0.123. The Hall–Kier alpha value is -5.88. The summed E-state index contributed by atoms with van der Waals surface area (Å²) in [4.78, 5) is 33.8. The van der Waals surface area contributed by atoms with Crippen LogP contribution in [0.2, 0.25) is 0 Å². The summed E-state index contributed by atoms with van der Waals surface area (Å²) >= 11 is 0. The summed E-state index contributed by atoms with van der Waals surface area (Å²) in [5, 5.41) is 32.9. The van der Waals surface area contributed by atoms with Gasteiger partial charge in [-0.25, -0.2) is 23.7 Å². The SMILES string of the molecule is Cc1c(Nc2nc(C(F)F)nc3cc(CN4CC[C@H](O)C4)cnc23)cccc1-c1cccc(-c2nc3cc(CN4CCC(C)(C(=O)O)CC4)cc(C#N)c3o2)c1C. The highest BCUT2D eigenvalue weighted by Crippen LogP contribution is 2.38. The Balaban J connectivity index is 1.08. The number of hydrogen-bond acceptors (Lipinski definition) is 11. The fraction of sp³-hybridized carbons (Fsp3) is 0.349. The number of nitrogens with zero attached hydrogens (tertiary/aromatic N) is 7. The molecule has 0 bridgehead atoms. The number of β-amino-alcohol motifs (C(OH)–C–C–N with tert-alkyl or cyclic N) is 1. The number of alkyl halides is 2. The van der Waals surface area contributed by atoms with E-state index in [2.05, 4.69) is 36.1 Å². The molecule has 2 saturated heterocycles. The molecule has 2 aliphatic rings. The number of nitriles is 1. The number of carbonyl (C=O) groups is 1. The van der Waals surface area contributed by atoms with Crippen molar-refractivity contribution in [2.75, 3.05) is 31.5 Å². The van der Waals surface area contributed by atoms with Crippen molar-refractivity contribution in [3.05, 3.63) is 94.4 Å². The normalized spacial score (nSPS) is 17.4. The summed E-state index contributed by atoms with van der Waals surface area (Å²) in [5.74, 6) is -0.826. The molecule has 0 spiro atoms. The van der Waals surface area contributed by atoms with Crippen molar-refractivity contribution >= 4 is 39.6 Å². The molecule has 8 rings (SSSR count). The van der Waals surface area contributed by atoms with Gasteiger partial charge in [0, 0.05) is 43.6 Å². The maximum atomic E-state index is 14.1. The molecular weight excluding hydrogens is 731 g/mol. The lowest BCUT2D eigenvalue weighted by Crippen LogP contribution is -2.42. The lowest BCUT2D eigenvalue weighted by atomic mass is 9.80. The van der Waals surface area contributed by atoms with E-state index >= 15 is 0 Å². The van der Waals surface area contributed by atoms with Crippen LogP contribution in [0, 0.1) is 30.6 Å². The van der Waals surface area contributed by atoms with Gasteiger partial charge in [-0.3, -0.25) is 19.6 Å². The zero-order chi connectivity index (χ0) is 40.0. The number of aliphatic hydroxyl groups excluding tert-OH is 1. The molecule has 0 amide bonds. The maximum absolute atomic E-state index is 14.1. The molecule has 3 N–H and O–H groups in total. The van der Waals surface area contributed by atoms with Crippen LogP contribution in [-0.2, 0) is 17.9 Å². The number of aromatic nitrogens is 4. The average molecular weight is 773 g/mol. The monoisotopic (exact) mass is 772 g/mol. The Labute approximate surface area is 327 Å². The Morgan fingerprint density at radius 2 is 1.67 bits per heavy atom. The maximum Gasteiger partial charge on any atom is 0.309 e. The molecule has 3 aromatic heterocycles. The lowest BCUT2D eigenvalue weighted by Gasteiger charge is -2.36. The van der Waals surface area contributed by atoms with Crippen LogP contribution < -0.4 is 5.32 Å². The lowest BCUT2D eigenvalue weighted by molar-refractivity contribution is -0.150. The third kappa shape index (κ3) is 7.53. The van der Waals surface area contributed by atoms with Crippen LogP contribution in [-0.4, -0.2) is 78.2 Å². The average Bonchev–Trinajstić information content (AvgIpc) is 3.81. The molecule has 1 atom stereocenters. The van der Waals surface area contributed by atoms with Crippen molar-refractivity contribution in [1.29, 1.82) is 5.26 Å². The number of benzene rings is 3. The van der Waals surface area contributed by atoms with Gasteiger partial charge in [0.2, 0.25) is 5.89 Å². The summed E-state index contributed by atoms with van der Waals surface area (Å²) in [6.45, 7) is 9.39. The van der Waals surface area contributed by atoms with E-state index in [1.54, 1.807) is 19.2 Å². The highest BCUT2D eigenvalue weighted by molar-refractivity contribution is 5.90.